The molecular formula is C13H19NO2. The summed E-state index contributed by atoms with van der Waals surface area (Å²) in [5.74, 6) is 0. The van der Waals surface area contributed by atoms with Crippen molar-refractivity contribution >= 4 is 0 Å². The predicted molar refractivity (Wildman–Crippen MR) is 63.4 cm³/mol. The Morgan fingerprint density at radius 2 is 2.06 bits per heavy atom. The van der Waals surface area contributed by atoms with E-state index < -0.39 is 6.10 Å². The number of aryl methyl sites for hydroxylation is 1. The van der Waals surface area contributed by atoms with Crippen LogP contribution in [0.25, 0.3) is 0 Å². The Morgan fingerprint density at radius 1 is 1.31 bits per heavy atom. The maximum atomic E-state index is 9.27. The van der Waals surface area contributed by atoms with Crippen molar-refractivity contribution in [2.75, 3.05) is 13.2 Å². The van der Waals surface area contributed by atoms with Gasteiger partial charge in [-0.3, -0.25) is 0 Å². The third-order valence-electron chi connectivity index (χ3n) is 3.20. The molecule has 1 aromatic rings. The van der Waals surface area contributed by atoms with Crippen LogP contribution in [0.1, 0.15) is 17.5 Å². The van der Waals surface area contributed by atoms with E-state index in [1.54, 1.807) is 0 Å². The van der Waals surface area contributed by atoms with Gasteiger partial charge in [0.2, 0.25) is 0 Å². The number of fused-ring (bicyclic) bond motifs is 1. The fraction of sp³-hybridized carbons (Fsp3) is 0.538. The molecule has 0 aliphatic heterocycles. The largest absolute Gasteiger partial charge is 0.394 e. The lowest BCUT2D eigenvalue weighted by Gasteiger charge is -2.26. The summed E-state index contributed by atoms with van der Waals surface area (Å²) < 4.78 is 0. The van der Waals surface area contributed by atoms with Gasteiger partial charge in [-0.1, -0.05) is 24.3 Å². The van der Waals surface area contributed by atoms with Crippen molar-refractivity contribution in [2.24, 2.45) is 0 Å². The number of aliphatic hydroxyl groups excluding tert-OH is 2. The van der Waals surface area contributed by atoms with Crippen molar-refractivity contribution in [3.63, 3.8) is 0 Å². The van der Waals surface area contributed by atoms with Gasteiger partial charge in [-0.15, -0.1) is 0 Å². The Bertz CT molecular complexity index is 340. The van der Waals surface area contributed by atoms with E-state index in [1.807, 2.05) is 0 Å². The molecule has 3 heteroatoms. The van der Waals surface area contributed by atoms with Crippen LogP contribution < -0.4 is 5.32 Å². The van der Waals surface area contributed by atoms with E-state index in [1.165, 1.54) is 11.1 Å². The van der Waals surface area contributed by atoms with Gasteiger partial charge >= 0.3 is 0 Å². The minimum Gasteiger partial charge on any atom is -0.394 e. The lowest BCUT2D eigenvalue weighted by molar-refractivity contribution is 0.0913. The molecule has 1 aliphatic carbocycles. The van der Waals surface area contributed by atoms with Crippen LogP contribution in [0.3, 0.4) is 0 Å². The lowest BCUT2D eigenvalue weighted by atomic mass is 9.88. The third kappa shape index (κ3) is 2.82. The van der Waals surface area contributed by atoms with Crippen LogP contribution in [0.2, 0.25) is 0 Å². The summed E-state index contributed by atoms with van der Waals surface area (Å²) in [4.78, 5) is 0. The van der Waals surface area contributed by atoms with Crippen LogP contribution in [0.4, 0.5) is 0 Å². The number of rotatable bonds is 4. The molecule has 2 unspecified atom stereocenters. The average Bonchev–Trinajstić information content (AvgIpc) is 2.35. The standard InChI is InChI=1S/C13H19NO2/c15-9-13(16)8-14-12-6-5-10-3-1-2-4-11(10)7-12/h1-4,12-16H,5-9H2. The van der Waals surface area contributed by atoms with Crippen LogP contribution in [0.5, 0.6) is 0 Å². The van der Waals surface area contributed by atoms with Crippen LogP contribution in [0, 0.1) is 0 Å². The zero-order valence-corrected chi connectivity index (χ0v) is 9.39. The first-order valence-corrected chi connectivity index (χ1v) is 5.88. The molecule has 0 spiro atoms. The summed E-state index contributed by atoms with van der Waals surface area (Å²) >= 11 is 0. The van der Waals surface area contributed by atoms with E-state index >= 15 is 0 Å². The number of benzene rings is 1. The molecule has 0 amide bonds. The van der Waals surface area contributed by atoms with E-state index in [2.05, 4.69) is 29.6 Å². The molecular weight excluding hydrogens is 202 g/mol. The smallest absolute Gasteiger partial charge is 0.0895 e. The van der Waals surface area contributed by atoms with Gasteiger partial charge in [-0.05, 0) is 30.4 Å². The molecule has 2 atom stereocenters. The predicted octanol–water partition coefficient (Wildman–Crippen LogP) is 0.487. The zero-order chi connectivity index (χ0) is 11.4. The monoisotopic (exact) mass is 221 g/mol. The van der Waals surface area contributed by atoms with Gasteiger partial charge in [0, 0.05) is 12.6 Å². The SMILES string of the molecule is OCC(O)CNC1CCc2ccccc2C1. The normalized spacial score (nSPS) is 21.5. The van der Waals surface area contributed by atoms with Crippen molar-refractivity contribution in [3.05, 3.63) is 35.4 Å². The molecule has 16 heavy (non-hydrogen) atoms. The maximum Gasteiger partial charge on any atom is 0.0895 e. The van der Waals surface area contributed by atoms with Gasteiger partial charge in [-0.25, -0.2) is 0 Å². The average molecular weight is 221 g/mol. The van der Waals surface area contributed by atoms with E-state index in [-0.39, 0.29) is 6.61 Å². The molecule has 0 saturated heterocycles. The fourth-order valence-electron chi connectivity index (χ4n) is 2.24. The molecule has 0 fully saturated rings. The highest BCUT2D eigenvalue weighted by Gasteiger charge is 2.18. The third-order valence-corrected chi connectivity index (χ3v) is 3.20. The minimum absolute atomic E-state index is 0.170. The molecule has 3 nitrogen and oxygen atoms in total. The highest BCUT2D eigenvalue weighted by molar-refractivity contribution is 5.30. The summed E-state index contributed by atoms with van der Waals surface area (Å²) in [5, 5.41) is 21.3. The Labute approximate surface area is 96.1 Å². The molecule has 0 aromatic heterocycles. The van der Waals surface area contributed by atoms with Gasteiger partial charge in [0.1, 0.15) is 0 Å². The molecule has 0 radical (unpaired) electrons. The Morgan fingerprint density at radius 3 is 2.81 bits per heavy atom. The second-order valence-corrected chi connectivity index (χ2v) is 4.45. The lowest BCUT2D eigenvalue weighted by Crippen LogP contribution is -2.40. The Kier molecular flexibility index (Phi) is 3.93. The van der Waals surface area contributed by atoms with Gasteiger partial charge in [0.25, 0.3) is 0 Å². The van der Waals surface area contributed by atoms with Crippen LogP contribution in [-0.2, 0) is 12.8 Å². The fourth-order valence-corrected chi connectivity index (χ4v) is 2.24. The summed E-state index contributed by atoms with van der Waals surface area (Å²) in [6.07, 6.45) is 2.59. The Hall–Kier alpha value is -0.900. The summed E-state index contributed by atoms with van der Waals surface area (Å²) in [7, 11) is 0. The first kappa shape index (κ1) is 11.6. The maximum absolute atomic E-state index is 9.27. The van der Waals surface area contributed by atoms with Gasteiger partial charge in [0.15, 0.2) is 0 Å². The van der Waals surface area contributed by atoms with Crippen molar-refractivity contribution < 1.29 is 10.2 Å². The van der Waals surface area contributed by atoms with Crippen LogP contribution >= 0.6 is 0 Å². The van der Waals surface area contributed by atoms with Gasteiger partial charge in [-0.2, -0.15) is 0 Å². The van der Waals surface area contributed by atoms with Crippen molar-refractivity contribution in [1.29, 1.82) is 0 Å². The van der Waals surface area contributed by atoms with Crippen molar-refractivity contribution in [1.82, 2.24) is 5.32 Å². The molecule has 88 valence electrons. The molecule has 1 aliphatic rings. The summed E-state index contributed by atoms with van der Waals surface area (Å²) in [6, 6.07) is 8.95. The number of nitrogens with one attached hydrogen (secondary N) is 1. The highest BCUT2D eigenvalue weighted by Crippen LogP contribution is 2.20. The van der Waals surface area contributed by atoms with E-state index in [0.29, 0.717) is 12.6 Å². The first-order valence-electron chi connectivity index (χ1n) is 5.88. The summed E-state index contributed by atoms with van der Waals surface area (Å²) in [5.41, 5.74) is 2.85. The van der Waals surface area contributed by atoms with E-state index in [0.717, 1.165) is 19.3 Å². The minimum atomic E-state index is -0.642. The molecule has 2 rings (SSSR count). The number of aliphatic hydroxyl groups is 2. The second-order valence-electron chi connectivity index (χ2n) is 4.45. The summed E-state index contributed by atoms with van der Waals surface area (Å²) in [6.45, 7) is 0.305. The second kappa shape index (κ2) is 5.43. The van der Waals surface area contributed by atoms with Gasteiger partial charge < -0.3 is 15.5 Å². The van der Waals surface area contributed by atoms with E-state index in [9.17, 15) is 5.11 Å². The molecule has 0 bridgehead atoms. The first-order chi connectivity index (χ1) is 7.79. The molecule has 3 N–H and O–H groups in total. The van der Waals surface area contributed by atoms with Crippen LogP contribution in [-0.4, -0.2) is 35.5 Å². The van der Waals surface area contributed by atoms with Crippen molar-refractivity contribution in [3.8, 4) is 0 Å². The van der Waals surface area contributed by atoms with Crippen molar-refractivity contribution in [2.45, 2.75) is 31.4 Å². The molecule has 1 aromatic carbocycles. The molecule has 0 saturated carbocycles. The van der Waals surface area contributed by atoms with Crippen LogP contribution in [0.15, 0.2) is 24.3 Å². The number of hydrogen-bond acceptors (Lipinski definition) is 3. The number of hydrogen-bond donors (Lipinski definition) is 3. The van der Waals surface area contributed by atoms with E-state index in [4.69, 9.17) is 5.11 Å². The Balaban J connectivity index is 1.88. The zero-order valence-electron chi connectivity index (χ0n) is 9.39. The van der Waals surface area contributed by atoms with Gasteiger partial charge in [0.05, 0.1) is 12.7 Å². The topological polar surface area (TPSA) is 52.5 Å². The molecule has 0 heterocycles. The highest BCUT2D eigenvalue weighted by atomic mass is 16.3. The quantitative estimate of drug-likeness (QED) is 0.693.